The molecule has 0 aromatic carbocycles. The van der Waals surface area contributed by atoms with Crippen LogP contribution in [-0.4, -0.2) is 32.3 Å². The summed E-state index contributed by atoms with van der Waals surface area (Å²) in [7, 11) is 0. The summed E-state index contributed by atoms with van der Waals surface area (Å²) in [6, 6.07) is 5.82. The van der Waals surface area contributed by atoms with Crippen molar-refractivity contribution in [3.63, 3.8) is 0 Å². The lowest BCUT2D eigenvalue weighted by Crippen LogP contribution is -2.37. The van der Waals surface area contributed by atoms with Crippen molar-refractivity contribution in [3.05, 3.63) is 42.2 Å². The molecule has 22 heavy (non-hydrogen) atoms. The van der Waals surface area contributed by atoms with Crippen molar-refractivity contribution in [1.82, 2.24) is 30.4 Å². The van der Waals surface area contributed by atoms with Gasteiger partial charge >= 0.3 is 0 Å². The van der Waals surface area contributed by atoms with Crippen LogP contribution in [0.2, 0.25) is 0 Å². The van der Waals surface area contributed by atoms with Crippen molar-refractivity contribution < 1.29 is 0 Å². The second-order valence-electron chi connectivity index (χ2n) is 4.40. The van der Waals surface area contributed by atoms with Gasteiger partial charge in [0.2, 0.25) is 0 Å². The molecule has 2 aromatic heterocycles. The summed E-state index contributed by atoms with van der Waals surface area (Å²) in [5.74, 6) is 1.63. The predicted molar refractivity (Wildman–Crippen MR) is 97.0 cm³/mol. The lowest BCUT2D eigenvalue weighted by Gasteiger charge is -2.11. The molecule has 8 heteroatoms. The van der Waals surface area contributed by atoms with Gasteiger partial charge in [-0.25, -0.2) is 4.99 Å². The quantitative estimate of drug-likeness (QED) is 0.426. The van der Waals surface area contributed by atoms with Crippen molar-refractivity contribution in [2.45, 2.75) is 33.5 Å². The molecule has 0 radical (unpaired) electrons. The predicted octanol–water partition coefficient (Wildman–Crippen LogP) is 1.57. The number of aliphatic imine (C=N–C) groups is 1. The number of hydrogen-bond donors (Lipinski definition) is 2. The lowest BCUT2D eigenvalue weighted by atomic mass is 10.3. The highest BCUT2D eigenvalue weighted by molar-refractivity contribution is 14.0. The van der Waals surface area contributed by atoms with Gasteiger partial charge in [0.15, 0.2) is 11.8 Å². The third kappa shape index (κ3) is 5.58. The zero-order chi connectivity index (χ0) is 14.9. The van der Waals surface area contributed by atoms with E-state index in [9.17, 15) is 0 Å². The maximum atomic E-state index is 4.51. The molecule has 0 amide bonds. The molecule has 120 valence electrons. The van der Waals surface area contributed by atoms with Gasteiger partial charge in [-0.15, -0.1) is 34.2 Å². The number of aryl methyl sites for hydroxylation is 1. The SMILES string of the molecule is CCNC(=NCc1ccccn1)NCc1nncn1CC.I. The summed E-state index contributed by atoms with van der Waals surface area (Å²) in [4.78, 5) is 8.77. The van der Waals surface area contributed by atoms with E-state index >= 15 is 0 Å². The van der Waals surface area contributed by atoms with Gasteiger partial charge < -0.3 is 15.2 Å². The molecule has 0 saturated heterocycles. The second-order valence-corrected chi connectivity index (χ2v) is 4.40. The van der Waals surface area contributed by atoms with Gasteiger partial charge in [-0.3, -0.25) is 4.98 Å². The highest BCUT2D eigenvalue weighted by Gasteiger charge is 2.04. The van der Waals surface area contributed by atoms with Crippen molar-refractivity contribution >= 4 is 29.9 Å². The van der Waals surface area contributed by atoms with Gasteiger partial charge in [0, 0.05) is 19.3 Å². The Bertz CT molecular complexity index is 568. The second kappa shape index (κ2) is 10.1. The summed E-state index contributed by atoms with van der Waals surface area (Å²) in [5.41, 5.74) is 0.937. The van der Waals surface area contributed by atoms with E-state index in [0.717, 1.165) is 30.6 Å². The van der Waals surface area contributed by atoms with Crippen LogP contribution in [0.3, 0.4) is 0 Å². The summed E-state index contributed by atoms with van der Waals surface area (Å²) in [6.07, 6.45) is 3.50. The number of halogens is 1. The normalized spacial score (nSPS) is 10.9. The van der Waals surface area contributed by atoms with E-state index in [0.29, 0.717) is 13.1 Å². The highest BCUT2D eigenvalue weighted by Crippen LogP contribution is 1.97. The minimum atomic E-state index is 0. The molecule has 0 atom stereocenters. The number of aromatic nitrogens is 4. The Morgan fingerprint density at radius 1 is 1.27 bits per heavy atom. The van der Waals surface area contributed by atoms with E-state index in [-0.39, 0.29) is 24.0 Å². The molecule has 2 rings (SSSR count). The lowest BCUT2D eigenvalue weighted by molar-refractivity contribution is 0.670. The molecule has 0 aliphatic carbocycles. The first-order valence-corrected chi connectivity index (χ1v) is 7.12. The molecular formula is C14H22IN7. The summed E-state index contributed by atoms with van der Waals surface area (Å²) >= 11 is 0. The smallest absolute Gasteiger partial charge is 0.192 e. The van der Waals surface area contributed by atoms with Crippen LogP contribution >= 0.6 is 24.0 Å². The number of nitrogens with one attached hydrogen (secondary N) is 2. The van der Waals surface area contributed by atoms with E-state index in [2.05, 4.69) is 37.7 Å². The van der Waals surface area contributed by atoms with Crippen molar-refractivity contribution in [3.8, 4) is 0 Å². The third-order valence-electron chi connectivity index (χ3n) is 2.92. The molecule has 0 bridgehead atoms. The summed E-state index contributed by atoms with van der Waals surface area (Å²) in [5, 5.41) is 14.5. The van der Waals surface area contributed by atoms with Crippen LogP contribution in [0.5, 0.6) is 0 Å². The average molecular weight is 415 g/mol. The number of pyridine rings is 1. The zero-order valence-corrected chi connectivity index (χ0v) is 15.2. The van der Waals surface area contributed by atoms with Crippen LogP contribution in [0.15, 0.2) is 35.7 Å². The fourth-order valence-electron chi connectivity index (χ4n) is 1.84. The van der Waals surface area contributed by atoms with E-state index in [1.54, 1.807) is 12.5 Å². The summed E-state index contributed by atoms with van der Waals surface area (Å²) in [6.45, 7) is 6.87. The van der Waals surface area contributed by atoms with E-state index in [1.807, 2.05) is 29.7 Å². The minimum absolute atomic E-state index is 0. The molecule has 0 fully saturated rings. The molecule has 0 aliphatic rings. The fraction of sp³-hybridized carbons (Fsp3) is 0.429. The van der Waals surface area contributed by atoms with Gasteiger partial charge in [-0.1, -0.05) is 6.07 Å². The van der Waals surface area contributed by atoms with Crippen LogP contribution in [0.25, 0.3) is 0 Å². The van der Waals surface area contributed by atoms with Gasteiger partial charge in [0.25, 0.3) is 0 Å². The number of hydrogen-bond acceptors (Lipinski definition) is 4. The molecule has 2 N–H and O–H groups in total. The van der Waals surface area contributed by atoms with Gasteiger partial charge in [-0.2, -0.15) is 0 Å². The van der Waals surface area contributed by atoms with E-state index in [1.165, 1.54) is 0 Å². The zero-order valence-electron chi connectivity index (χ0n) is 12.9. The minimum Gasteiger partial charge on any atom is -0.357 e. The molecule has 2 aromatic rings. The highest BCUT2D eigenvalue weighted by atomic mass is 127. The first kappa shape index (κ1) is 18.3. The number of rotatable bonds is 6. The van der Waals surface area contributed by atoms with Crippen LogP contribution in [0, 0.1) is 0 Å². The van der Waals surface area contributed by atoms with Crippen LogP contribution in [-0.2, 0) is 19.6 Å². The topological polar surface area (TPSA) is 80.0 Å². The fourth-order valence-corrected chi connectivity index (χ4v) is 1.84. The maximum Gasteiger partial charge on any atom is 0.192 e. The third-order valence-corrected chi connectivity index (χ3v) is 2.92. The number of guanidine groups is 1. The first-order valence-electron chi connectivity index (χ1n) is 7.12. The molecule has 7 nitrogen and oxygen atoms in total. The van der Waals surface area contributed by atoms with Gasteiger partial charge in [-0.05, 0) is 26.0 Å². The molecule has 0 unspecified atom stereocenters. The Hall–Kier alpha value is -1.71. The summed E-state index contributed by atoms with van der Waals surface area (Å²) < 4.78 is 2.00. The Morgan fingerprint density at radius 3 is 2.82 bits per heavy atom. The molecule has 2 heterocycles. The van der Waals surface area contributed by atoms with Crippen LogP contribution < -0.4 is 10.6 Å². The molecule has 0 aliphatic heterocycles. The standard InChI is InChI=1S/C14H21N7.HI/c1-3-15-14(17-9-12-7-5-6-8-16-12)18-10-13-20-19-11-21(13)4-2;/h5-8,11H,3-4,9-10H2,1-2H3,(H2,15,17,18);1H. The maximum absolute atomic E-state index is 4.51. The van der Waals surface area contributed by atoms with Crippen LogP contribution in [0.4, 0.5) is 0 Å². The van der Waals surface area contributed by atoms with E-state index in [4.69, 9.17) is 0 Å². The molecule has 0 saturated carbocycles. The Morgan fingerprint density at radius 2 is 2.14 bits per heavy atom. The Kier molecular flexibility index (Phi) is 8.41. The largest absolute Gasteiger partial charge is 0.357 e. The Labute approximate surface area is 147 Å². The molecular weight excluding hydrogens is 393 g/mol. The van der Waals surface area contributed by atoms with Crippen LogP contribution in [0.1, 0.15) is 25.4 Å². The molecule has 0 spiro atoms. The first-order chi connectivity index (χ1) is 10.3. The van der Waals surface area contributed by atoms with E-state index < -0.39 is 0 Å². The van der Waals surface area contributed by atoms with Crippen molar-refractivity contribution in [1.29, 1.82) is 0 Å². The number of nitrogens with zero attached hydrogens (tertiary/aromatic N) is 5. The van der Waals surface area contributed by atoms with Gasteiger partial charge in [0.1, 0.15) is 6.33 Å². The monoisotopic (exact) mass is 415 g/mol. The average Bonchev–Trinajstić information content (AvgIpc) is 2.98. The van der Waals surface area contributed by atoms with Gasteiger partial charge in [0.05, 0.1) is 18.8 Å². The van der Waals surface area contributed by atoms with Crippen molar-refractivity contribution in [2.75, 3.05) is 6.54 Å². The van der Waals surface area contributed by atoms with Crippen molar-refractivity contribution in [2.24, 2.45) is 4.99 Å². The Balaban J connectivity index is 0.00000242.